The molecule has 65 valence electrons. The van der Waals surface area contributed by atoms with Gasteiger partial charge in [-0.25, -0.2) is 13.6 Å². The molecule has 1 atom stereocenters. The molecule has 4 nitrogen and oxygen atoms in total. The van der Waals surface area contributed by atoms with Crippen LogP contribution in [0.15, 0.2) is 30.3 Å². The van der Waals surface area contributed by atoms with Crippen molar-refractivity contribution in [1.29, 1.82) is 0 Å². The van der Waals surface area contributed by atoms with Crippen molar-refractivity contribution in [2.24, 2.45) is 5.14 Å². The minimum absolute atomic E-state index is 0.231. The molecular weight excluding hydrogens is 197 g/mol. The highest BCUT2D eigenvalue weighted by molar-refractivity contribution is 8.46. The topological polar surface area (TPSA) is 77.2 Å². The Hall–Kier alpha value is -0.770. The van der Waals surface area contributed by atoms with Gasteiger partial charge in [0, 0.05) is 5.30 Å². The van der Waals surface area contributed by atoms with Gasteiger partial charge in [-0.15, -0.1) is 0 Å². The summed E-state index contributed by atoms with van der Waals surface area (Å²) in [7, 11) is -6.46. The molecule has 0 aliphatic carbocycles. The van der Waals surface area contributed by atoms with Gasteiger partial charge in [0.1, 0.15) is 0 Å². The first-order valence-corrected chi connectivity index (χ1v) is 6.48. The van der Waals surface area contributed by atoms with Crippen LogP contribution in [0.25, 0.3) is 0 Å². The summed E-state index contributed by atoms with van der Waals surface area (Å²) in [6, 6.07) is 7.84. The lowest BCUT2D eigenvalue weighted by Crippen LogP contribution is -2.11. The Bertz CT molecular complexity index is 387. The van der Waals surface area contributed by atoms with E-state index in [9.17, 15) is 13.0 Å². The quantitative estimate of drug-likeness (QED) is 0.705. The third-order valence-electron chi connectivity index (χ3n) is 1.20. The van der Waals surface area contributed by atoms with Crippen LogP contribution in [0.4, 0.5) is 0 Å². The second-order valence-corrected chi connectivity index (χ2v) is 6.69. The molecule has 1 aromatic carbocycles. The van der Waals surface area contributed by atoms with Crippen molar-refractivity contribution in [1.82, 2.24) is 0 Å². The maximum absolute atomic E-state index is 11.1. The fourth-order valence-electron chi connectivity index (χ4n) is 0.697. The fourth-order valence-corrected chi connectivity index (χ4v) is 2.65. The van der Waals surface area contributed by atoms with Crippen LogP contribution in [0.2, 0.25) is 0 Å². The Kier molecular flexibility index (Phi) is 2.57. The zero-order valence-corrected chi connectivity index (χ0v) is 7.76. The summed E-state index contributed by atoms with van der Waals surface area (Å²) in [6.07, 6.45) is 0. The molecule has 6 heteroatoms. The van der Waals surface area contributed by atoms with Crippen LogP contribution in [0.1, 0.15) is 0 Å². The summed E-state index contributed by atoms with van der Waals surface area (Å²) in [5, 5.41) is 4.93. The molecule has 0 aliphatic heterocycles. The van der Waals surface area contributed by atoms with E-state index in [0.29, 0.717) is 0 Å². The van der Waals surface area contributed by atoms with Gasteiger partial charge < -0.3 is 0 Å². The molecule has 1 rings (SSSR count). The van der Waals surface area contributed by atoms with Crippen molar-refractivity contribution < 1.29 is 13.0 Å². The standard InChI is InChI=1S/C6H7NO3PS/c7-12(9,10)11(8)6-4-2-1-3-5-6/h1-5H,(H2,7,9,10). The molecule has 1 unspecified atom stereocenters. The zero-order valence-electron chi connectivity index (χ0n) is 6.04. The molecule has 1 aromatic rings. The third-order valence-corrected chi connectivity index (χ3v) is 4.40. The lowest BCUT2D eigenvalue weighted by Gasteiger charge is -1.95. The number of benzene rings is 1. The minimum atomic E-state index is -3.95. The summed E-state index contributed by atoms with van der Waals surface area (Å²) < 4.78 is 32.4. The van der Waals surface area contributed by atoms with Gasteiger partial charge >= 0.3 is 0 Å². The van der Waals surface area contributed by atoms with Crippen LogP contribution in [0.5, 0.6) is 0 Å². The van der Waals surface area contributed by atoms with E-state index >= 15 is 0 Å². The van der Waals surface area contributed by atoms with Gasteiger partial charge in [-0.2, -0.15) is 0 Å². The van der Waals surface area contributed by atoms with Gasteiger partial charge in [-0.1, -0.05) is 18.2 Å². The maximum atomic E-state index is 11.1. The molecule has 12 heavy (non-hydrogen) atoms. The molecular formula is C6H7NO3PS. The molecule has 0 aliphatic rings. The van der Waals surface area contributed by atoms with E-state index in [-0.39, 0.29) is 5.30 Å². The number of hydrogen-bond acceptors (Lipinski definition) is 3. The summed E-state index contributed by atoms with van der Waals surface area (Å²) in [6.45, 7) is 0. The summed E-state index contributed by atoms with van der Waals surface area (Å²) in [4.78, 5) is 0. The minimum Gasteiger partial charge on any atom is -0.263 e. The van der Waals surface area contributed by atoms with E-state index in [2.05, 4.69) is 0 Å². The van der Waals surface area contributed by atoms with Gasteiger partial charge in [0.15, 0.2) is 0 Å². The van der Waals surface area contributed by atoms with Gasteiger partial charge in [0.25, 0.3) is 9.64 Å². The highest BCUT2D eigenvalue weighted by Crippen LogP contribution is 2.24. The van der Waals surface area contributed by atoms with Crippen LogP contribution in [-0.4, -0.2) is 8.42 Å². The first kappa shape index (κ1) is 9.32. The second-order valence-electron chi connectivity index (χ2n) is 2.11. The normalized spacial score (nSPS) is 12.6. The smallest absolute Gasteiger partial charge is 0.263 e. The van der Waals surface area contributed by atoms with Gasteiger partial charge in [0.2, 0.25) is 7.00 Å². The monoisotopic (exact) mass is 204 g/mol. The highest BCUT2D eigenvalue weighted by Gasteiger charge is 2.16. The average molecular weight is 204 g/mol. The summed E-state index contributed by atoms with van der Waals surface area (Å²) >= 11 is 0. The average Bonchev–Trinajstić information content (AvgIpc) is 2.03. The van der Waals surface area contributed by atoms with Crippen LogP contribution >= 0.6 is 7.00 Å². The molecule has 0 heterocycles. The summed E-state index contributed by atoms with van der Waals surface area (Å²) in [5.74, 6) is 0. The van der Waals surface area contributed by atoms with E-state index in [1.165, 1.54) is 12.1 Å². The Labute approximate surface area is 71.0 Å². The predicted molar refractivity (Wildman–Crippen MR) is 46.8 cm³/mol. The van der Waals surface area contributed by atoms with Crippen molar-refractivity contribution in [3.05, 3.63) is 30.3 Å². The van der Waals surface area contributed by atoms with Crippen LogP contribution in [0, 0.1) is 0 Å². The van der Waals surface area contributed by atoms with Crippen LogP contribution in [-0.2, 0) is 14.2 Å². The third kappa shape index (κ3) is 2.11. The molecule has 2 N–H and O–H groups in total. The first-order chi connectivity index (χ1) is 5.52. The van der Waals surface area contributed by atoms with Crippen molar-refractivity contribution in [2.45, 2.75) is 0 Å². The number of hydrogen-bond donors (Lipinski definition) is 1. The van der Waals surface area contributed by atoms with E-state index in [1.807, 2.05) is 0 Å². The van der Waals surface area contributed by atoms with Crippen molar-refractivity contribution in [3.8, 4) is 0 Å². The molecule has 0 amide bonds. The highest BCUT2D eigenvalue weighted by atomic mass is 32.8. The van der Waals surface area contributed by atoms with E-state index in [4.69, 9.17) is 5.14 Å². The zero-order chi connectivity index (χ0) is 9.19. The predicted octanol–water partition coefficient (Wildman–Crippen LogP) is 0.343. The Morgan fingerprint density at radius 3 is 2.08 bits per heavy atom. The van der Waals surface area contributed by atoms with Gasteiger partial charge in [0.05, 0.1) is 0 Å². The number of rotatable bonds is 2. The van der Waals surface area contributed by atoms with Crippen LogP contribution < -0.4 is 10.4 Å². The Morgan fingerprint density at radius 2 is 1.67 bits per heavy atom. The van der Waals surface area contributed by atoms with E-state index in [0.717, 1.165) is 0 Å². The summed E-state index contributed by atoms with van der Waals surface area (Å²) in [5.41, 5.74) is 0. The van der Waals surface area contributed by atoms with Crippen molar-refractivity contribution in [3.63, 3.8) is 0 Å². The lowest BCUT2D eigenvalue weighted by atomic mass is 10.4. The lowest BCUT2D eigenvalue weighted by molar-refractivity contribution is 0.585. The van der Waals surface area contributed by atoms with Crippen molar-refractivity contribution in [2.75, 3.05) is 0 Å². The Morgan fingerprint density at radius 1 is 1.17 bits per heavy atom. The SMILES string of the molecule is NS(=O)(=O)[P](=O)c1ccccc1. The van der Waals surface area contributed by atoms with E-state index in [1.54, 1.807) is 18.2 Å². The molecule has 0 spiro atoms. The fraction of sp³-hybridized carbons (Fsp3) is 0. The van der Waals surface area contributed by atoms with Gasteiger partial charge in [-0.05, 0) is 12.1 Å². The molecule has 0 fully saturated rings. The molecule has 0 bridgehead atoms. The molecule has 0 saturated heterocycles. The molecule has 1 radical (unpaired) electrons. The van der Waals surface area contributed by atoms with E-state index < -0.39 is 16.6 Å². The van der Waals surface area contributed by atoms with Gasteiger partial charge in [-0.3, -0.25) is 4.57 Å². The second kappa shape index (κ2) is 3.31. The Balaban J connectivity index is 3.11. The maximum Gasteiger partial charge on any atom is 0.285 e. The van der Waals surface area contributed by atoms with Crippen LogP contribution in [0.3, 0.4) is 0 Å². The first-order valence-electron chi connectivity index (χ1n) is 3.07. The number of nitrogens with two attached hydrogens (primary N) is 1. The largest absolute Gasteiger partial charge is 0.285 e. The molecule has 0 aromatic heterocycles. The molecule has 0 saturated carbocycles. The van der Waals surface area contributed by atoms with Crippen molar-refractivity contribution >= 4 is 22.0 Å².